The Balaban J connectivity index is 1.98. The van der Waals surface area contributed by atoms with Gasteiger partial charge in [-0.15, -0.1) is 0 Å². The monoisotopic (exact) mass is 249 g/mol. The molecule has 18 heavy (non-hydrogen) atoms. The van der Waals surface area contributed by atoms with Crippen molar-refractivity contribution in [1.82, 2.24) is 5.32 Å². The molecule has 1 aliphatic heterocycles. The summed E-state index contributed by atoms with van der Waals surface area (Å²) in [6.45, 7) is 6.97. The molecule has 1 aliphatic rings. The van der Waals surface area contributed by atoms with Crippen molar-refractivity contribution in [1.29, 1.82) is 0 Å². The Morgan fingerprint density at radius 2 is 2.17 bits per heavy atom. The Morgan fingerprint density at radius 3 is 2.83 bits per heavy atom. The van der Waals surface area contributed by atoms with Gasteiger partial charge in [0.25, 0.3) is 0 Å². The molecule has 1 heterocycles. The summed E-state index contributed by atoms with van der Waals surface area (Å²) in [5.41, 5.74) is 4.02. The van der Waals surface area contributed by atoms with E-state index < -0.39 is 0 Å². The minimum Gasteiger partial charge on any atom is -0.496 e. The van der Waals surface area contributed by atoms with Gasteiger partial charge in [-0.1, -0.05) is 6.07 Å². The Bertz CT molecular complexity index is 398. The SMILES string of the molecule is COc1ccc(CCC2COCCN2)c(C)c1C. The second kappa shape index (κ2) is 6.21. The molecule has 1 fully saturated rings. The predicted octanol–water partition coefficient (Wildman–Crippen LogP) is 2.23. The van der Waals surface area contributed by atoms with Crippen LogP contribution >= 0.6 is 0 Å². The molecule has 0 bridgehead atoms. The molecule has 100 valence electrons. The van der Waals surface area contributed by atoms with Gasteiger partial charge in [-0.05, 0) is 49.4 Å². The van der Waals surface area contributed by atoms with Crippen LogP contribution < -0.4 is 10.1 Å². The van der Waals surface area contributed by atoms with E-state index in [0.29, 0.717) is 6.04 Å². The number of aryl methyl sites for hydroxylation is 1. The van der Waals surface area contributed by atoms with Crippen LogP contribution in [0.3, 0.4) is 0 Å². The van der Waals surface area contributed by atoms with Crippen LogP contribution in [0, 0.1) is 13.8 Å². The van der Waals surface area contributed by atoms with Gasteiger partial charge in [0.15, 0.2) is 0 Å². The molecule has 1 aromatic rings. The maximum absolute atomic E-state index is 5.48. The Labute approximate surface area is 109 Å². The van der Waals surface area contributed by atoms with E-state index in [4.69, 9.17) is 9.47 Å². The summed E-state index contributed by atoms with van der Waals surface area (Å²) in [5.74, 6) is 0.982. The zero-order valence-electron chi connectivity index (χ0n) is 11.6. The third-order valence-electron chi connectivity index (χ3n) is 3.83. The third kappa shape index (κ3) is 3.03. The minimum absolute atomic E-state index is 0.501. The number of hydrogen-bond acceptors (Lipinski definition) is 3. The summed E-state index contributed by atoms with van der Waals surface area (Å²) in [5, 5.41) is 3.50. The van der Waals surface area contributed by atoms with Crippen LogP contribution in [0.4, 0.5) is 0 Å². The maximum Gasteiger partial charge on any atom is 0.122 e. The summed E-state index contributed by atoms with van der Waals surface area (Å²) < 4.78 is 10.8. The van der Waals surface area contributed by atoms with Crippen molar-refractivity contribution in [3.05, 3.63) is 28.8 Å². The first-order valence-corrected chi connectivity index (χ1v) is 6.66. The highest BCUT2D eigenvalue weighted by atomic mass is 16.5. The van der Waals surface area contributed by atoms with Gasteiger partial charge in [0.05, 0.1) is 20.3 Å². The molecule has 0 aromatic heterocycles. The first-order chi connectivity index (χ1) is 8.72. The van der Waals surface area contributed by atoms with Gasteiger partial charge in [-0.25, -0.2) is 0 Å². The molecule has 0 spiro atoms. The highest BCUT2D eigenvalue weighted by Crippen LogP contribution is 2.25. The fourth-order valence-electron chi connectivity index (χ4n) is 2.48. The van der Waals surface area contributed by atoms with Crippen LogP contribution in [0.5, 0.6) is 5.75 Å². The third-order valence-corrected chi connectivity index (χ3v) is 3.83. The summed E-state index contributed by atoms with van der Waals surface area (Å²) in [6, 6.07) is 4.76. The second-order valence-corrected chi connectivity index (χ2v) is 4.94. The van der Waals surface area contributed by atoms with Gasteiger partial charge in [0, 0.05) is 12.6 Å². The van der Waals surface area contributed by atoms with Crippen molar-refractivity contribution in [2.45, 2.75) is 32.7 Å². The van der Waals surface area contributed by atoms with Gasteiger partial charge in [0.2, 0.25) is 0 Å². The van der Waals surface area contributed by atoms with E-state index in [1.54, 1.807) is 7.11 Å². The number of methoxy groups -OCH3 is 1. The average molecular weight is 249 g/mol. The van der Waals surface area contributed by atoms with Crippen molar-refractivity contribution in [2.24, 2.45) is 0 Å². The summed E-state index contributed by atoms with van der Waals surface area (Å²) in [6.07, 6.45) is 2.23. The first kappa shape index (κ1) is 13.4. The molecular formula is C15H23NO2. The minimum atomic E-state index is 0.501. The van der Waals surface area contributed by atoms with E-state index in [9.17, 15) is 0 Å². The molecule has 3 heteroatoms. The molecule has 0 saturated carbocycles. The topological polar surface area (TPSA) is 30.5 Å². The first-order valence-electron chi connectivity index (χ1n) is 6.66. The molecule has 3 nitrogen and oxygen atoms in total. The lowest BCUT2D eigenvalue weighted by molar-refractivity contribution is 0.0743. The largest absolute Gasteiger partial charge is 0.496 e. The van der Waals surface area contributed by atoms with Crippen LogP contribution in [-0.2, 0) is 11.2 Å². The quantitative estimate of drug-likeness (QED) is 0.887. The van der Waals surface area contributed by atoms with E-state index >= 15 is 0 Å². The molecule has 0 aliphatic carbocycles. The second-order valence-electron chi connectivity index (χ2n) is 4.94. The molecule has 1 aromatic carbocycles. The summed E-state index contributed by atoms with van der Waals surface area (Å²) >= 11 is 0. The lowest BCUT2D eigenvalue weighted by Crippen LogP contribution is -2.41. The zero-order valence-corrected chi connectivity index (χ0v) is 11.6. The lowest BCUT2D eigenvalue weighted by atomic mass is 9.97. The van der Waals surface area contributed by atoms with Crippen molar-refractivity contribution in [3.8, 4) is 5.75 Å². The molecule has 0 radical (unpaired) electrons. The Hall–Kier alpha value is -1.06. The molecular weight excluding hydrogens is 226 g/mol. The normalized spacial score (nSPS) is 19.8. The molecule has 1 unspecified atom stereocenters. The predicted molar refractivity (Wildman–Crippen MR) is 73.4 cm³/mol. The fraction of sp³-hybridized carbons (Fsp3) is 0.600. The Kier molecular flexibility index (Phi) is 4.61. The number of nitrogens with one attached hydrogen (secondary N) is 1. The van der Waals surface area contributed by atoms with E-state index in [0.717, 1.165) is 38.3 Å². The van der Waals surface area contributed by atoms with Gasteiger partial charge in [-0.2, -0.15) is 0 Å². The van der Waals surface area contributed by atoms with Crippen molar-refractivity contribution >= 4 is 0 Å². The lowest BCUT2D eigenvalue weighted by Gasteiger charge is -2.24. The van der Waals surface area contributed by atoms with Crippen LogP contribution in [-0.4, -0.2) is 32.9 Å². The molecule has 0 amide bonds. The highest BCUT2D eigenvalue weighted by Gasteiger charge is 2.14. The van der Waals surface area contributed by atoms with E-state index in [1.165, 1.54) is 16.7 Å². The zero-order chi connectivity index (χ0) is 13.0. The van der Waals surface area contributed by atoms with Crippen molar-refractivity contribution < 1.29 is 9.47 Å². The van der Waals surface area contributed by atoms with Crippen LogP contribution in [0.2, 0.25) is 0 Å². The van der Waals surface area contributed by atoms with Gasteiger partial charge in [0.1, 0.15) is 5.75 Å². The van der Waals surface area contributed by atoms with Gasteiger partial charge < -0.3 is 14.8 Å². The average Bonchev–Trinajstić information content (AvgIpc) is 2.42. The van der Waals surface area contributed by atoms with Crippen LogP contribution in [0.1, 0.15) is 23.1 Å². The maximum atomic E-state index is 5.48. The van der Waals surface area contributed by atoms with Gasteiger partial charge in [-0.3, -0.25) is 0 Å². The Morgan fingerprint density at radius 1 is 1.33 bits per heavy atom. The molecule has 1 saturated heterocycles. The summed E-state index contributed by atoms with van der Waals surface area (Å²) in [7, 11) is 1.73. The smallest absolute Gasteiger partial charge is 0.122 e. The number of ether oxygens (including phenoxy) is 2. The molecule has 1 atom stereocenters. The number of rotatable bonds is 4. The molecule has 1 N–H and O–H groups in total. The van der Waals surface area contributed by atoms with Crippen LogP contribution in [0.25, 0.3) is 0 Å². The molecule has 2 rings (SSSR count). The number of hydrogen-bond donors (Lipinski definition) is 1. The number of morpholine rings is 1. The van der Waals surface area contributed by atoms with E-state index in [2.05, 4.69) is 31.3 Å². The van der Waals surface area contributed by atoms with Crippen molar-refractivity contribution in [3.63, 3.8) is 0 Å². The van der Waals surface area contributed by atoms with Crippen LogP contribution in [0.15, 0.2) is 12.1 Å². The van der Waals surface area contributed by atoms with Gasteiger partial charge >= 0.3 is 0 Å². The highest BCUT2D eigenvalue weighted by molar-refractivity contribution is 5.43. The van der Waals surface area contributed by atoms with Crippen molar-refractivity contribution in [2.75, 3.05) is 26.9 Å². The standard InChI is InChI=1S/C15H23NO2/c1-11-12(2)15(17-3)7-5-13(11)4-6-14-10-18-9-8-16-14/h5,7,14,16H,4,6,8-10H2,1-3H3. The fourth-order valence-corrected chi connectivity index (χ4v) is 2.48. The summed E-state index contributed by atoms with van der Waals surface area (Å²) in [4.78, 5) is 0. The van der Waals surface area contributed by atoms with E-state index in [1.807, 2.05) is 0 Å². The number of benzene rings is 1. The van der Waals surface area contributed by atoms with E-state index in [-0.39, 0.29) is 0 Å².